The zero-order chi connectivity index (χ0) is 50.9. The lowest BCUT2D eigenvalue weighted by molar-refractivity contribution is -0.151. The fraction of sp³-hybridized carbons (Fsp3) is 0.930. The first kappa shape index (κ1) is 66.4. The monoisotopic (exact) mass is 983 g/mol. The Kier molecular flexibility index (Phi) is 45.9. The van der Waals surface area contributed by atoms with E-state index in [0.29, 0.717) is 26.1 Å². The lowest BCUT2D eigenvalue weighted by Crippen LogP contribution is -2.47. The Hall–Kier alpha value is -2.60. The van der Waals surface area contributed by atoms with Crippen molar-refractivity contribution in [3.63, 3.8) is 0 Å². The van der Waals surface area contributed by atoms with Gasteiger partial charge in [0.25, 0.3) is 0 Å². The lowest BCUT2D eigenvalue weighted by atomic mass is 10.0. The van der Waals surface area contributed by atoms with Gasteiger partial charge in [-0.3, -0.25) is 9.59 Å². The summed E-state index contributed by atoms with van der Waals surface area (Å²) in [6.07, 6.45) is 41.1. The summed E-state index contributed by atoms with van der Waals surface area (Å²) in [5.41, 5.74) is -0.629. The van der Waals surface area contributed by atoms with E-state index in [1.807, 2.05) is 27.7 Å². The van der Waals surface area contributed by atoms with Gasteiger partial charge in [0, 0.05) is 13.7 Å². The van der Waals surface area contributed by atoms with Gasteiger partial charge in [0.15, 0.2) is 0 Å². The number of alkyl carbamates (subject to hydrolysis) is 2. The van der Waals surface area contributed by atoms with Crippen molar-refractivity contribution >= 4 is 24.1 Å². The summed E-state index contributed by atoms with van der Waals surface area (Å²) in [5, 5.41) is 5.42. The molecule has 0 saturated heterocycles. The predicted molar refractivity (Wildman–Crippen MR) is 283 cm³/mol. The number of amides is 2. The van der Waals surface area contributed by atoms with E-state index in [0.717, 1.165) is 44.9 Å². The normalized spacial score (nSPS) is 12.2. The number of hydrogen-bond acceptors (Lipinski definition) is 10. The lowest BCUT2D eigenvalue weighted by Gasteiger charge is -2.28. The number of unbranched alkanes of at least 4 members (excludes halogenated alkanes) is 30. The molecule has 0 bridgehead atoms. The highest BCUT2D eigenvalue weighted by Crippen LogP contribution is 2.21. The SMILES string of the molecule is CCCCCCCCCCCCCCCCCCOC(=O)NCC(COC(=O)CCC(=O)OCCCC(C)(C)OCCC(C)(C)OC)NC(=O)OCCCCCCCCCCCCCCCCCC. The van der Waals surface area contributed by atoms with E-state index >= 15 is 0 Å². The minimum absolute atomic E-state index is 0.0224. The van der Waals surface area contributed by atoms with Gasteiger partial charge >= 0.3 is 24.1 Å². The van der Waals surface area contributed by atoms with E-state index in [-0.39, 0.29) is 50.4 Å². The fourth-order valence-electron chi connectivity index (χ4n) is 8.22. The highest BCUT2D eigenvalue weighted by atomic mass is 16.6. The van der Waals surface area contributed by atoms with Crippen molar-refractivity contribution in [1.82, 2.24) is 10.6 Å². The minimum atomic E-state index is -0.756. The standard InChI is InChI=1S/C57H110N2O10/c1-8-10-12-14-16-18-20-22-24-26-28-30-32-34-36-38-45-66-54(62)58-49-51(59-55(63)67-46-39-37-35-33-31-29-27-25-23-21-19-17-15-13-11-9-2)50-68-53(61)42-41-52(60)65-47-40-43-57(5,6)69-48-44-56(3,4)64-7/h51H,8-50H2,1-7H3,(H,58,62)(H,59,63). The predicted octanol–water partition coefficient (Wildman–Crippen LogP) is 15.6. The zero-order valence-electron chi connectivity index (χ0n) is 46.1. The van der Waals surface area contributed by atoms with Crippen molar-refractivity contribution in [3.8, 4) is 0 Å². The molecule has 1 atom stereocenters. The Morgan fingerprint density at radius 1 is 0.406 bits per heavy atom. The first-order chi connectivity index (χ1) is 33.3. The van der Waals surface area contributed by atoms with Crippen LogP contribution >= 0.6 is 0 Å². The second-order valence-corrected chi connectivity index (χ2v) is 20.9. The number of hydrogen-bond donors (Lipinski definition) is 2. The number of carbonyl (C=O) groups is 4. The van der Waals surface area contributed by atoms with Gasteiger partial charge in [-0.2, -0.15) is 0 Å². The van der Waals surface area contributed by atoms with Crippen LogP contribution < -0.4 is 10.6 Å². The van der Waals surface area contributed by atoms with Crippen molar-refractivity contribution < 1.29 is 47.6 Å². The molecule has 0 aromatic carbocycles. The molecule has 0 heterocycles. The Morgan fingerprint density at radius 3 is 1.17 bits per heavy atom. The van der Waals surface area contributed by atoms with Crippen LogP contribution in [0.15, 0.2) is 0 Å². The topological polar surface area (TPSA) is 148 Å². The van der Waals surface area contributed by atoms with E-state index in [1.165, 1.54) is 167 Å². The quantitative estimate of drug-likeness (QED) is 0.0343. The number of methoxy groups -OCH3 is 1. The van der Waals surface area contributed by atoms with Gasteiger partial charge in [-0.1, -0.05) is 206 Å². The van der Waals surface area contributed by atoms with Crippen LogP contribution in [0.5, 0.6) is 0 Å². The van der Waals surface area contributed by atoms with Gasteiger partial charge < -0.3 is 39.1 Å². The minimum Gasteiger partial charge on any atom is -0.466 e. The number of esters is 2. The van der Waals surface area contributed by atoms with Crippen LogP contribution in [-0.2, 0) is 38.0 Å². The van der Waals surface area contributed by atoms with E-state index < -0.39 is 30.2 Å². The van der Waals surface area contributed by atoms with Crippen molar-refractivity contribution in [2.75, 3.05) is 46.7 Å². The van der Waals surface area contributed by atoms with Gasteiger partial charge in [0.1, 0.15) is 6.61 Å². The molecule has 12 heteroatoms. The van der Waals surface area contributed by atoms with E-state index in [4.69, 9.17) is 28.4 Å². The maximum atomic E-state index is 12.8. The Bertz CT molecular complexity index is 1200. The first-order valence-electron chi connectivity index (χ1n) is 28.7. The summed E-state index contributed by atoms with van der Waals surface area (Å²) in [6, 6.07) is -0.756. The second-order valence-electron chi connectivity index (χ2n) is 20.9. The van der Waals surface area contributed by atoms with Gasteiger partial charge in [0.05, 0.1) is 56.5 Å². The average Bonchev–Trinajstić information content (AvgIpc) is 3.32. The second kappa shape index (κ2) is 47.7. The Labute approximate surface area is 424 Å². The molecule has 12 nitrogen and oxygen atoms in total. The largest absolute Gasteiger partial charge is 0.466 e. The van der Waals surface area contributed by atoms with Crippen LogP contribution in [-0.4, -0.2) is 88.1 Å². The van der Waals surface area contributed by atoms with Crippen LogP contribution in [0, 0.1) is 0 Å². The zero-order valence-corrected chi connectivity index (χ0v) is 46.1. The summed E-state index contributed by atoms with van der Waals surface area (Å²) >= 11 is 0. The molecule has 0 aliphatic carbocycles. The summed E-state index contributed by atoms with van der Waals surface area (Å²) in [7, 11) is 1.69. The molecule has 2 amide bonds. The number of rotatable bonds is 51. The highest BCUT2D eigenvalue weighted by molar-refractivity contribution is 5.77. The fourth-order valence-corrected chi connectivity index (χ4v) is 8.22. The third kappa shape index (κ3) is 48.8. The molecule has 0 aliphatic heterocycles. The molecule has 408 valence electrons. The molecule has 69 heavy (non-hydrogen) atoms. The third-order valence-corrected chi connectivity index (χ3v) is 13.2. The number of carbonyl (C=O) groups excluding carboxylic acids is 4. The molecule has 0 radical (unpaired) electrons. The molecule has 0 rings (SSSR count). The maximum absolute atomic E-state index is 12.8. The van der Waals surface area contributed by atoms with Crippen LogP contribution in [0.1, 0.15) is 279 Å². The molecule has 2 N–H and O–H groups in total. The molecule has 0 spiro atoms. The summed E-state index contributed by atoms with van der Waals surface area (Å²) in [4.78, 5) is 50.4. The molecule has 0 aromatic heterocycles. The van der Waals surface area contributed by atoms with Gasteiger partial charge in [-0.05, 0) is 59.8 Å². The summed E-state index contributed by atoms with van der Waals surface area (Å²) in [6.45, 7) is 13.7. The van der Waals surface area contributed by atoms with Gasteiger partial charge in [-0.25, -0.2) is 9.59 Å². The molecule has 1 unspecified atom stereocenters. The van der Waals surface area contributed by atoms with Crippen molar-refractivity contribution in [2.24, 2.45) is 0 Å². The van der Waals surface area contributed by atoms with Crippen molar-refractivity contribution in [2.45, 2.75) is 296 Å². The Balaban J connectivity index is 4.52. The molecule has 0 fully saturated rings. The Morgan fingerprint density at radius 2 is 0.768 bits per heavy atom. The first-order valence-corrected chi connectivity index (χ1v) is 28.7. The van der Waals surface area contributed by atoms with Crippen LogP contribution in [0.4, 0.5) is 9.59 Å². The molecule has 0 saturated carbocycles. The summed E-state index contributed by atoms with van der Waals surface area (Å²) in [5.74, 6) is -1.10. The molecule has 0 aliphatic rings. The maximum Gasteiger partial charge on any atom is 0.407 e. The smallest absolute Gasteiger partial charge is 0.407 e. The van der Waals surface area contributed by atoms with Crippen LogP contribution in [0.3, 0.4) is 0 Å². The van der Waals surface area contributed by atoms with E-state index in [9.17, 15) is 19.2 Å². The van der Waals surface area contributed by atoms with Crippen LogP contribution in [0.2, 0.25) is 0 Å². The van der Waals surface area contributed by atoms with E-state index in [2.05, 4.69) is 24.5 Å². The van der Waals surface area contributed by atoms with Crippen molar-refractivity contribution in [1.29, 1.82) is 0 Å². The molecular weight excluding hydrogens is 873 g/mol. The molecule has 0 aromatic rings. The van der Waals surface area contributed by atoms with Crippen LogP contribution in [0.25, 0.3) is 0 Å². The van der Waals surface area contributed by atoms with Gasteiger partial charge in [-0.15, -0.1) is 0 Å². The number of nitrogens with one attached hydrogen (secondary N) is 2. The third-order valence-electron chi connectivity index (χ3n) is 13.2. The number of ether oxygens (including phenoxy) is 6. The highest BCUT2D eigenvalue weighted by Gasteiger charge is 2.22. The van der Waals surface area contributed by atoms with E-state index in [1.54, 1.807) is 7.11 Å². The van der Waals surface area contributed by atoms with Crippen molar-refractivity contribution in [3.05, 3.63) is 0 Å². The van der Waals surface area contributed by atoms with Gasteiger partial charge in [0.2, 0.25) is 0 Å². The summed E-state index contributed by atoms with van der Waals surface area (Å²) < 4.78 is 33.1. The average molecular weight is 984 g/mol. The molecular formula is C57H110N2O10.